The topological polar surface area (TPSA) is 348 Å². The molecule has 0 aliphatic carbocycles. The summed E-state index contributed by atoms with van der Waals surface area (Å²) in [6.45, 7) is 18.1. The van der Waals surface area contributed by atoms with Gasteiger partial charge in [0, 0.05) is 76.2 Å². The zero-order chi connectivity index (χ0) is 92.9. The molecule has 11 aromatic carbocycles. The number of aromatic carboxylic acids is 1. The SMILES string of the molecule is COc1ccccc1-c1ccc(C(=O)OC(C)(C)C)c(N)c1.COc1ccccc1-c1ccc(C(=O)OC(C)(C)C)c(NC(=O)c2cc(-c3ccncc3)ccc2C)c1.COc1ccccc1-c1ccc(C(=O)OC(C)(C)C)c(NC(=O)c2cc(-c3ccncc3)ccc2O)c1.COc1ccccc1-c1ccc(C(=O)[O-])c(NC(=O)c2cc(-c3ccncc3)ccc2O)c1.[Na+]. The van der Waals surface area contributed by atoms with Crippen LogP contribution in [0.25, 0.3) is 77.9 Å². The van der Waals surface area contributed by atoms with Crippen molar-refractivity contribution in [2.24, 2.45) is 0 Å². The van der Waals surface area contributed by atoms with Crippen molar-refractivity contribution in [2.45, 2.75) is 86.0 Å². The van der Waals surface area contributed by atoms with Crippen LogP contribution in [0.1, 0.15) is 140 Å². The first kappa shape index (κ1) is 97.0. The van der Waals surface area contributed by atoms with E-state index in [0.29, 0.717) is 50.9 Å². The summed E-state index contributed by atoms with van der Waals surface area (Å²) in [6.07, 6.45) is 9.97. The van der Waals surface area contributed by atoms with Gasteiger partial charge in [-0.1, -0.05) is 127 Å². The number of rotatable bonds is 21. The summed E-state index contributed by atoms with van der Waals surface area (Å²) in [6, 6.07) is 76.2. The summed E-state index contributed by atoms with van der Waals surface area (Å²) in [5.41, 5.74) is 18.4. The van der Waals surface area contributed by atoms with Gasteiger partial charge in [-0.2, -0.15) is 0 Å². The maximum absolute atomic E-state index is 13.5. The van der Waals surface area contributed by atoms with Crippen molar-refractivity contribution in [3.05, 3.63) is 343 Å². The molecular formula is C105H98N7NaO17. The van der Waals surface area contributed by atoms with E-state index in [-0.39, 0.29) is 86.2 Å². The number of aryl methyl sites for hydroxylation is 1. The number of aromatic nitrogens is 3. The standard InChI is InChI=1S/C31H30N2O4.C30H28N2O5.C26H20N2O5.C18H21NO3.Na/c1-20-10-11-22(21-14-16-32-17-15-21)18-26(20)29(34)33-27-19-23(24-8-6-7-9-28(24)36-5)12-13-25(27)30(35)37-31(2,3)4;1-30(2,3)37-29(35)23-11-9-21(22-7-5-6-8-27(22)36-4)18-25(23)32-28(34)24-17-20(10-12-26(24)33)19-13-15-31-16-14-19;1-33-24-5-3-2-4-19(24)18-6-8-20(26(31)32)22(15-18)28-25(30)21-14-17(7-9-23(21)29)16-10-12-27-13-11-16;1-18(2,3)22-17(20)14-10-9-12(11-15(14)19)13-7-5-6-8-16(13)21-4;/h6-19H,1-5H3,(H,33,34);5-18,33H,1-4H3,(H,32,34);2-15,29H,1H3,(H,28,30)(H,31,32);5-11H,19H2,1-4H3;/q;;;;+1/p-1. The van der Waals surface area contributed by atoms with E-state index in [1.54, 1.807) is 185 Å². The Bertz CT molecular complexity index is 6210. The molecule has 7 N–H and O–H groups in total. The predicted octanol–water partition coefficient (Wildman–Crippen LogP) is 17.9. The number of carbonyl (C=O) groups is 7. The van der Waals surface area contributed by atoms with E-state index < -0.39 is 52.5 Å². The number of aromatic hydroxyl groups is 2. The minimum absolute atomic E-state index is 0. The van der Waals surface area contributed by atoms with Gasteiger partial charge in [-0.25, -0.2) is 14.4 Å². The Morgan fingerprint density at radius 1 is 0.308 bits per heavy atom. The molecule has 0 saturated heterocycles. The van der Waals surface area contributed by atoms with Crippen LogP contribution in [0, 0.1) is 6.92 Å². The average Bonchev–Trinajstić information content (AvgIpc) is 0.816. The van der Waals surface area contributed by atoms with Crippen LogP contribution in [-0.4, -0.2) is 112 Å². The van der Waals surface area contributed by atoms with Gasteiger partial charge in [0.1, 0.15) is 51.3 Å². The van der Waals surface area contributed by atoms with Crippen LogP contribution in [0.4, 0.5) is 22.7 Å². The number of phenols is 2. The zero-order valence-electron chi connectivity index (χ0n) is 74.7. The summed E-state index contributed by atoms with van der Waals surface area (Å²) in [7, 11) is 6.34. The number of nitrogens with two attached hydrogens (primary N) is 1. The number of hydrogen-bond donors (Lipinski definition) is 6. The number of benzene rings is 11. The third-order valence-corrected chi connectivity index (χ3v) is 19.6. The second-order valence-corrected chi connectivity index (χ2v) is 32.2. The largest absolute Gasteiger partial charge is 1.00 e. The van der Waals surface area contributed by atoms with Gasteiger partial charge in [-0.15, -0.1) is 0 Å². The van der Waals surface area contributed by atoms with Gasteiger partial charge in [-0.3, -0.25) is 29.3 Å². The van der Waals surface area contributed by atoms with Crippen molar-refractivity contribution in [1.29, 1.82) is 0 Å². The number of hydrogen-bond acceptors (Lipinski definition) is 21. The third-order valence-electron chi connectivity index (χ3n) is 19.6. The number of nitrogen functional groups attached to an aromatic ring is 1. The smallest absolute Gasteiger partial charge is 0.545 e. The molecule has 0 unspecified atom stereocenters. The number of methoxy groups -OCH3 is 4. The van der Waals surface area contributed by atoms with Crippen LogP contribution in [0.2, 0.25) is 0 Å². The number of amides is 3. The monoisotopic (exact) mass is 1750 g/mol. The molecule has 0 fully saturated rings. The van der Waals surface area contributed by atoms with Gasteiger partial charge in [0.25, 0.3) is 17.7 Å². The summed E-state index contributed by atoms with van der Waals surface area (Å²) in [4.78, 5) is 102. The molecule has 3 heterocycles. The predicted molar refractivity (Wildman–Crippen MR) is 499 cm³/mol. The van der Waals surface area contributed by atoms with E-state index in [9.17, 15) is 48.9 Å². The number of ether oxygens (including phenoxy) is 7. The number of phenolic OH excluding ortho intramolecular Hbond substituents is 2. The first-order valence-electron chi connectivity index (χ1n) is 40.8. The van der Waals surface area contributed by atoms with Crippen molar-refractivity contribution in [2.75, 3.05) is 50.1 Å². The molecule has 130 heavy (non-hydrogen) atoms. The summed E-state index contributed by atoms with van der Waals surface area (Å²) in [5.74, 6) is -2.25. The fourth-order valence-corrected chi connectivity index (χ4v) is 13.5. The van der Waals surface area contributed by atoms with E-state index >= 15 is 0 Å². The molecule has 0 aliphatic rings. The number of para-hydroxylation sites is 4. The van der Waals surface area contributed by atoms with Crippen LogP contribution in [-0.2, 0) is 14.2 Å². The molecule has 3 amide bonds. The normalized spacial score (nSPS) is 10.8. The maximum Gasteiger partial charge on any atom is 1.00 e. The van der Waals surface area contributed by atoms with Gasteiger partial charge >= 0.3 is 47.5 Å². The molecule has 24 nitrogen and oxygen atoms in total. The van der Waals surface area contributed by atoms with Crippen LogP contribution in [0.3, 0.4) is 0 Å². The minimum atomic E-state index is -1.44. The number of pyridine rings is 3. The van der Waals surface area contributed by atoms with Crippen molar-refractivity contribution in [3.8, 4) is 112 Å². The Labute approximate surface area is 776 Å². The molecule has 14 rings (SSSR count). The van der Waals surface area contributed by atoms with E-state index in [4.69, 9.17) is 38.9 Å². The Balaban J connectivity index is 0.000000183. The number of carboxylic acids is 1. The Hall–Kier alpha value is -15.2. The number of esters is 3. The summed E-state index contributed by atoms with van der Waals surface area (Å²) >= 11 is 0. The molecule has 656 valence electrons. The molecule has 3 aromatic heterocycles. The van der Waals surface area contributed by atoms with Crippen LogP contribution < -0.4 is 75.3 Å². The first-order chi connectivity index (χ1) is 61.6. The van der Waals surface area contributed by atoms with Crippen LogP contribution in [0.5, 0.6) is 34.5 Å². The van der Waals surface area contributed by atoms with Gasteiger partial charge < -0.3 is 75.0 Å². The second kappa shape index (κ2) is 43.8. The molecule has 0 atom stereocenters. The van der Waals surface area contributed by atoms with E-state index in [0.717, 1.165) is 78.1 Å². The zero-order valence-corrected chi connectivity index (χ0v) is 76.7. The summed E-state index contributed by atoms with van der Waals surface area (Å²) < 4.78 is 38.3. The quantitative estimate of drug-likeness (QED) is 0.0168. The molecule has 0 spiro atoms. The molecule has 25 heteroatoms. The van der Waals surface area contributed by atoms with Gasteiger partial charge in [0.15, 0.2) is 0 Å². The minimum Gasteiger partial charge on any atom is -0.545 e. The van der Waals surface area contributed by atoms with Crippen molar-refractivity contribution in [3.63, 3.8) is 0 Å². The van der Waals surface area contributed by atoms with Gasteiger partial charge in [0.05, 0.1) is 79.3 Å². The third kappa shape index (κ3) is 25.6. The van der Waals surface area contributed by atoms with Crippen LogP contribution in [0.15, 0.2) is 298 Å². The van der Waals surface area contributed by atoms with Crippen molar-refractivity contribution in [1.82, 2.24) is 15.0 Å². The number of nitrogens with one attached hydrogen (secondary N) is 3. The Morgan fingerprint density at radius 3 is 0.877 bits per heavy atom. The average molecular weight is 1750 g/mol. The molecule has 0 saturated carbocycles. The van der Waals surface area contributed by atoms with Gasteiger partial charge in [-0.05, 0) is 264 Å². The van der Waals surface area contributed by atoms with E-state index in [1.807, 2.05) is 173 Å². The van der Waals surface area contributed by atoms with Crippen molar-refractivity contribution < 1.29 is 112 Å². The molecular weight excluding hydrogens is 1650 g/mol. The number of anilines is 4. The molecule has 0 aliphatic heterocycles. The van der Waals surface area contributed by atoms with E-state index in [2.05, 4.69) is 30.9 Å². The first-order valence-corrected chi connectivity index (χ1v) is 40.8. The summed E-state index contributed by atoms with van der Waals surface area (Å²) in [5, 5.41) is 40.8. The second-order valence-electron chi connectivity index (χ2n) is 32.2. The molecule has 0 radical (unpaired) electrons. The fraction of sp³-hybridized carbons (Fsp3) is 0.162. The fourth-order valence-electron chi connectivity index (χ4n) is 13.5. The number of carboxylic acid groups (broad SMARTS) is 1. The number of carbonyl (C=O) groups excluding carboxylic acids is 7. The Kier molecular flexibility index (Phi) is 32.7. The molecule has 0 bridgehead atoms. The van der Waals surface area contributed by atoms with Gasteiger partial charge in [0.2, 0.25) is 0 Å². The number of nitrogens with zero attached hydrogens (tertiary/aromatic N) is 3. The molecule has 14 aromatic rings. The van der Waals surface area contributed by atoms with Crippen LogP contribution >= 0.6 is 0 Å². The Morgan fingerprint density at radius 2 is 0.569 bits per heavy atom. The van der Waals surface area contributed by atoms with E-state index in [1.165, 1.54) is 37.4 Å². The maximum atomic E-state index is 13.5. The van der Waals surface area contributed by atoms with Crippen molar-refractivity contribution >= 4 is 64.3 Å².